The molecule has 1 saturated heterocycles. The average Bonchev–Trinajstić information content (AvgIpc) is 3.04. The zero-order valence-electron chi connectivity index (χ0n) is 14.9. The van der Waals surface area contributed by atoms with Crippen molar-refractivity contribution in [3.63, 3.8) is 0 Å². The summed E-state index contributed by atoms with van der Waals surface area (Å²) in [7, 11) is 3.88. The summed E-state index contributed by atoms with van der Waals surface area (Å²) in [6.07, 6.45) is 9.52. The maximum Gasteiger partial charge on any atom is 0.222 e. The van der Waals surface area contributed by atoms with Crippen LogP contribution in [0.5, 0.6) is 0 Å². The molecule has 1 aliphatic heterocycles. The van der Waals surface area contributed by atoms with E-state index in [-0.39, 0.29) is 11.9 Å². The van der Waals surface area contributed by atoms with E-state index in [9.17, 15) is 4.79 Å². The predicted octanol–water partition coefficient (Wildman–Crippen LogP) is 2.63. The van der Waals surface area contributed by atoms with E-state index in [1.54, 1.807) is 6.20 Å². The van der Waals surface area contributed by atoms with Gasteiger partial charge in [0.1, 0.15) is 5.82 Å². The number of hydrogen-bond acceptors (Lipinski definition) is 3. The van der Waals surface area contributed by atoms with Gasteiger partial charge in [-0.05, 0) is 17.9 Å². The number of aromatic nitrogens is 2. The Labute approximate surface area is 149 Å². The number of nitrogens with one attached hydrogen (secondary N) is 1. The molecule has 25 heavy (non-hydrogen) atoms. The van der Waals surface area contributed by atoms with Crippen LogP contribution < -0.4 is 5.32 Å². The van der Waals surface area contributed by atoms with Gasteiger partial charge in [0, 0.05) is 46.0 Å². The molecule has 2 aromatic rings. The van der Waals surface area contributed by atoms with Crippen LogP contribution in [0.15, 0.2) is 48.8 Å². The lowest BCUT2D eigenvalue weighted by molar-refractivity contribution is -0.137. The van der Waals surface area contributed by atoms with Gasteiger partial charge in [0.15, 0.2) is 0 Å². The van der Waals surface area contributed by atoms with E-state index in [1.165, 1.54) is 5.56 Å². The van der Waals surface area contributed by atoms with Crippen LogP contribution in [-0.2, 0) is 11.8 Å². The Balaban J connectivity index is 1.59. The highest BCUT2D eigenvalue weighted by Crippen LogP contribution is 2.34. The molecule has 1 aliphatic rings. The molecule has 0 bridgehead atoms. The second-order valence-corrected chi connectivity index (χ2v) is 6.62. The number of amides is 1. The molecule has 1 fully saturated rings. The molecule has 2 heterocycles. The van der Waals surface area contributed by atoms with Crippen molar-refractivity contribution in [3.8, 4) is 0 Å². The van der Waals surface area contributed by atoms with E-state index >= 15 is 0 Å². The number of imidazole rings is 1. The highest BCUT2D eigenvalue weighted by Gasteiger charge is 2.36. The first kappa shape index (κ1) is 17.4. The number of piperidine rings is 1. The van der Waals surface area contributed by atoms with Gasteiger partial charge >= 0.3 is 0 Å². The van der Waals surface area contributed by atoms with Crippen LogP contribution in [0.4, 0.5) is 0 Å². The quantitative estimate of drug-likeness (QED) is 0.824. The molecule has 0 unspecified atom stereocenters. The Morgan fingerprint density at radius 3 is 2.80 bits per heavy atom. The first-order valence-electron chi connectivity index (χ1n) is 8.82. The number of aryl methyl sites for hydroxylation is 1. The normalized spacial score (nSPS) is 21.2. The smallest absolute Gasteiger partial charge is 0.222 e. The topological polar surface area (TPSA) is 50.2 Å². The van der Waals surface area contributed by atoms with Crippen LogP contribution >= 0.6 is 0 Å². The van der Waals surface area contributed by atoms with Crippen LogP contribution in [0, 0.1) is 5.92 Å². The minimum Gasteiger partial charge on any atom is -0.336 e. The number of carbonyl (C=O) groups is 1. The van der Waals surface area contributed by atoms with E-state index in [1.807, 2.05) is 48.0 Å². The molecule has 2 atom stereocenters. The Hall–Kier alpha value is -2.40. The van der Waals surface area contributed by atoms with Crippen molar-refractivity contribution < 1.29 is 4.79 Å². The van der Waals surface area contributed by atoms with Crippen molar-refractivity contribution >= 4 is 12.0 Å². The lowest BCUT2D eigenvalue weighted by Gasteiger charge is -2.38. The summed E-state index contributed by atoms with van der Waals surface area (Å²) in [6, 6.07) is 10.3. The number of hydrogen-bond donors (Lipinski definition) is 1. The molecule has 1 N–H and O–H groups in total. The number of rotatable bonds is 6. The van der Waals surface area contributed by atoms with Crippen molar-refractivity contribution in [2.24, 2.45) is 13.0 Å². The highest BCUT2D eigenvalue weighted by atomic mass is 16.2. The molecule has 5 nitrogen and oxygen atoms in total. The minimum atomic E-state index is 0.0341. The Kier molecular flexibility index (Phi) is 5.66. The van der Waals surface area contributed by atoms with Gasteiger partial charge in [-0.3, -0.25) is 4.79 Å². The van der Waals surface area contributed by atoms with Gasteiger partial charge in [0.05, 0.1) is 6.04 Å². The van der Waals surface area contributed by atoms with Gasteiger partial charge in [-0.1, -0.05) is 42.5 Å². The van der Waals surface area contributed by atoms with Gasteiger partial charge in [-0.2, -0.15) is 0 Å². The first-order valence-corrected chi connectivity index (χ1v) is 8.82. The van der Waals surface area contributed by atoms with E-state index < -0.39 is 0 Å². The number of benzene rings is 1. The molecule has 1 amide bonds. The van der Waals surface area contributed by atoms with Crippen LogP contribution in [0.3, 0.4) is 0 Å². The van der Waals surface area contributed by atoms with Gasteiger partial charge in [0.25, 0.3) is 0 Å². The minimum absolute atomic E-state index is 0.0341. The molecular formula is C20H26N4O. The van der Waals surface area contributed by atoms with Crippen LogP contribution in [0.1, 0.15) is 30.3 Å². The average molecular weight is 338 g/mol. The number of likely N-dealkylation sites (tertiary alicyclic amines) is 1. The summed E-state index contributed by atoms with van der Waals surface area (Å²) in [6.45, 7) is 1.69. The summed E-state index contributed by atoms with van der Waals surface area (Å²) < 4.78 is 2.02. The van der Waals surface area contributed by atoms with E-state index in [2.05, 4.69) is 34.6 Å². The maximum absolute atomic E-state index is 12.1. The maximum atomic E-state index is 12.1. The second-order valence-electron chi connectivity index (χ2n) is 6.62. The Morgan fingerprint density at radius 2 is 2.08 bits per heavy atom. The van der Waals surface area contributed by atoms with Crippen LogP contribution in [0.25, 0.3) is 6.08 Å². The molecule has 0 radical (unpaired) electrons. The zero-order valence-corrected chi connectivity index (χ0v) is 14.9. The monoisotopic (exact) mass is 338 g/mol. The SMILES string of the molecule is CN1C(=O)CC[C@H](CNCC=Cc2ccccc2)[C@H]1c1nccn1C. The zero-order chi connectivity index (χ0) is 17.6. The predicted molar refractivity (Wildman–Crippen MR) is 99.8 cm³/mol. The lowest BCUT2D eigenvalue weighted by atomic mass is 9.88. The third-order valence-electron chi connectivity index (χ3n) is 4.89. The van der Waals surface area contributed by atoms with E-state index in [0.717, 1.165) is 25.3 Å². The lowest BCUT2D eigenvalue weighted by Crippen LogP contribution is -2.44. The molecule has 1 aromatic heterocycles. The first-order chi connectivity index (χ1) is 12.2. The van der Waals surface area contributed by atoms with Gasteiger partial charge in [0.2, 0.25) is 5.91 Å². The molecule has 0 aliphatic carbocycles. The van der Waals surface area contributed by atoms with Crippen LogP contribution in [-0.4, -0.2) is 40.5 Å². The van der Waals surface area contributed by atoms with E-state index in [4.69, 9.17) is 0 Å². The fourth-order valence-corrected chi connectivity index (χ4v) is 3.49. The summed E-state index contributed by atoms with van der Waals surface area (Å²) in [5, 5.41) is 3.51. The van der Waals surface area contributed by atoms with E-state index in [0.29, 0.717) is 12.3 Å². The van der Waals surface area contributed by atoms with Crippen molar-refractivity contribution in [1.82, 2.24) is 19.8 Å². The molecule has 5 heteroatoms. The largest absolute Gasteiger partial charge is 0.336 e. The van der Waals surface area contributed by atoms with Gasteiger partial charge in [-0.25, -0.2) is 4.98 Å². The summed E-state index contributed by atoms with van der Waals surface area (Å²) in [5.74, 6) is 1.53. The van der Waals surface area contributed by atoms with Crippen molar-refractivity contribution in [3.05, 3.63) is 60.2 Å². The molecule has 132 valence electrons. The standard InChI is InChI=1S/C20H26N4O/c1-23-14-13-22-20(23)19-17(10-11-18(25)24(19)2)15-21-12-6-9-16-7-4-3-5-8-16/h3-9,13-14,17,19,21H,10-12,15H2,1-2H3/t17-,19+/m1/s1. The summed E-state index contributed by atoms with van der Waals surface area (Å²) in [4.78, 5) is 18.5. The molecule has 0 saturated carbocycles. The van der Waals surface area contributed by atoms with Crippen LogP contribution in [0.2, 0.25) is 0 Å². The second kappa shape index (κ2) is 8.12. The highest BCUT2D eigenvalue weighted by molar-refractivity contribution is 5.77. The Morgan fingerprint density at radius 1 is 1.28 bits per heavy atom. The fourth-order valence-electron chi connectivity index (χ4n) is 3.49. The third kappa shape index (κ3) is 4.17. The molecule has 1 aromatic carbocycles. The van der Waals surface area contributed by atoms with Gasteiger partial charge in [-0.15, -0.1) is 0 Å². The van der Waals surface area contributed by atoms with Gasteiger partial charge < -0.3 is 14.8 Å². The fraction of sp³-hybridized carbons (Fsp3) is 0.400. The van der Waals surface area contributed by atoms with Crippen molar-refractivity contribution in [1.29, 1.82) is 0 Å². The molecule has 0 spiro atoms. The Bertz CT molecular complexity index is 722. The third-order valence-corrected chi connectivity index (χ3v) is 4.89. The van der Waals surface area contributed by atoms with Crippen molar-refractivity contribution in [2.75, 3.05) is 20.1 Å². The molecular weight excluding hydrogens is 312 g/mol. The number of nitrogens with zero attached hydrogens (tertiary/aromatic N) is 3. The summed E-state index contributed by atoms with van der Waals surface area (Å²) >= 11 is 0. The van der Waals surface area contributed by atoms with Crippen molar-refractivity contribution in [2.45, 2.75) is 18.9 Å². The summed E-state index contributed by atoms with van der Waals surface area (Å²) in [5.41, 5.74) is 1.21. The number of carbonyl (C=O) groups excluding carboxylic acids is 1. The molecule has 3 rings (SSSR count).